The van der Waals surface area contributed by atoms with E-state index in [9.17, 15) is 0 Å². The Morgan fingerprint density at radius 1 is 0.760 bits per heavy atom. The van der Waals surface area contributed by atoms with Crippen molar-refractivity contribution in [3.05, 3.63) is 33.9 Å². The Morgan fingerprint density at radius 2 is 1.40 bits per heavy atom. The molecule has 0 bridgehead atoms. The van der Waals surface area contributed by atoms with Gasteiger partial charge in [0.1, 0.15) is 0 Å². The molecule has 126 valence electrons. The summed E-state index contributed by atoms with van der Waals surface area (Å²) in [6.45, 7) is 9.40. The minimum atomic E-state index is 0. The van der Waals surface area contributed by atoms with Gasteiger partial charge in [-0.25, -0.2) is 0 Å². The van der Waals surface area contributed by atoms with Gasteiger partial charge in [0.05, 0.1) is 11.1 Å². The molecule has 0 aliphatic heterocycles. The van der Waals surface area contributed by atoms with E-state index in [0.717, 1.165) is 16.7 Å². The zero-order chi connectivity index (χ0) is 17.7. The van der Waals surface area contributed by atoms with E-state index in [1.54, 1.807) is 13.8 Å². The first kappa shape index (κ1) is 26.5. The van der Waals surface area contributed by atoms with Gasteiger partial charge >= 0.3 is 0 Å². The lowest BCUT2D eigenvalue weighted by Crippen LogP contribution is -1.98. The molecule has 0 atom stereocenters. The molecule has 0 saturated heterocycles. The maximum absolute atomic E-state index is 5.59. The molecule has 0 radical (unpaired) electrons. The molecule has 0 amide bonds. The van der Waals surface area contributed by atoms with Crippen LogP contribution in [0.5, 0.6) is 0 Å². The van der Waals surface area contributed by atoms with Gasteiger partial charge in [0.25, 0.3) is 0 Å². The van der Waals surface area contributed by atoms with Crippen LogP contribution >= 0.6 is 0 Å². The smallest absolute Gasteiger partial charge is 0.0581 e. The molecule has 1 rings (SSSR count). The van der Waals surface area contributed by atoms with Crippen LogP contribution in [0, 0.1) is 79.0 Å². The molecule has 0 saturated carbocycles. The van der Waals surface area contributed by atoms with E-state index >= 15 is 0 Å². The molecule has 0 fully saturated rings. The Labute approximate surface area is 155 Å². The van der Waals surface area contributed by atoms with E-state index < -0.39 is 0 Å². The van der Waals surface area contributed by atoms with Gasteiger partial charge in [0.2, 0.25) is 0 Å². The molecule has 0 aliphatic rings. The molecule has 0 spiro atoms. The van der Waals surface area contributed by atoms with E-state index in [1.807, 2.05) is 26.8 Å². The monoisotopic (exact) mass is 326 g/mol. The first-order valence-electron chi connectivity index (χ1n) is 7.15. The van der Waals surface area contributed by atoms with Crippen LogP contribution < -0.4 is 0 Å². The van der Waals surface area contributed by atoms with Crippen LogP contribution in [0.25, 0.3) is 0 Å². The second-order valence-electron chi connectivity index (χ2n) is 3.90. The molecular formula is C25H26. The third-order valence-electron chi connectivity index (χ3n) is 2.56. The maximum Gasteiger partial charge on any atom is 0.0581 e. The average molecular weight is 326 g/mol. The molecule has 0 N–H and O–H groups in total. The third kappa shape index (κ3) is 7.60. The highest BCUT2D eigenvalue weighted by atomic mass is 14.1. The second-order valence-corrected chi connectivity index (χ2v) is 3.90. The molecule has 1 aromatic carbocycles. The Kier molecular flexibility index (Phi) is 16.4. The zero-order valence-corrected chi connectivity index (χ0v) is 14.2. The van der Waals surface area contributed by atoms with Gasteiger partial charge < -0.3 is 0 Å². The van der Waals surface area contributed by atoms with Gasteiger partial charge in [-0.3, -0.25) is 0 Å². The van der Waals surface area contributed by atoms with Crippen molar-refractivity contribution in [2.75, 3.05) is 0 Å². The SMILES string of the molecule is C.C.C#CC#Cc1c(C#CC#CC)cc(C)c(C#C)c1C#CC.CC. The number of rotatable bonds is 0. The number of benzene rings is 1. The fourth-order valence-electron chi connectivity index (χ4n) is 1.74. The third-order valence-corrected chi connectivity index (χ3v) is 2.56. The summed E-state index contributed by atoms with van der Waals surface area (Å²) >= 11 is 0. The summed E-state index contributed by atoms with van der Waals surface area (Å²) in [5, 5.41) is 0. The predicted octanol–water partition coefficient (Wildman–Crippen LogP) is 5.01. The minimum Gasteiger partial charge on any atom is -0.115 e. The van der Waals surface area contributed by atoms with Crippen LogP contribution in [-0.2, 0) is 0 Å². The Morgan fingerprint density at radius 3 is 1.88 bits per heavy atom. The lowest BCUT2D eigenvalue weighted by Gasteiger charge is -2.08. The molecule has 1 aromatic rings. The van der Waals surface area contributed by atoms with E-state index in [2.05, 4.69) is 59.2 Å². The van der Waals surface area contributed by atoms with Crippen LogP contribution in [-0.4, -0.2) is 0 Å². The Bertz CT molecular complexity index is 895. The van der Waals surface area contributed by atoms with Gasteiger partial charge in [-0.15, -0.1) is 18.8 Å². The standard InChI is InChI=1S/C21H12.C2H6.2CH4/c1-6-10-12-14-18-16-17(5)19(9-4)21(13-8-3)20(18)15-11-7-2;1-2;;/h2,4,16H,1,3,5H3;1-2H3;2*1H4. The van der Waals surface area contributed by atoms with Gasteiger partial charge in [-0.05, 0) is 56.1 Å². The molecule has 0 nitrogen and oxygen atoms in total. The topological polar surface area (TPSA) is 0 Å². The minimum absolute atomic E-state index is 0. The lowest BCUT2D eigenvalue weighted by molar-refractivity contribution is 1.38. The van der Waals surface area contributed by atoms with Crippen molar-refractivity contribution in [3.8, 4) is 72.1 Å². The van der Waals surface area contributed by atoms with Crippen LogP contribution in [0.4, 0.5) is 0 Å². The van der Waals surface area contributed by atoms with Crippen LogP contribution in [0.1, 0.15) is 70.4 Å². The number of terminal acetylenes is 2. The van der Waals surface area contributed by atoms with Crippen molar-refractivity contribution in [2.45, 2.75) is 49.5 Å². The second kappa shape index (κ2) is 15.5. The normalized spacial score (nSPS) is 6.20. The van der Waals surface area contributed by atoms with Gasteiger partial charge in [0, 0.05) is 11.1 Å². The summed E-state index contributed by atoms with van der Waals surface area (Å²) in [7, 11) is 0. The van der Waals surface area contributed by atoms with E-state index in [1.165, 1.54) is 0 Å². The summed E-state index contributed by atoms with van der Waals surface area (Å²) in [5.41, 5.74) is 3.73. The van der Waals surface area contributed by atoms with Gasteiger partial charge in [-0.2, -0.15) is 0 Å². The van der Waals surface area contributed by atoms with Crippen molar-refractivity contribution in [2.24, 2.45) is 0 Å². The molecule has 25 heavy (non-hydrogen) atoms. The fourth-order valence-corrected chi connectivity index (χ4v) is 1.74. The van der Waals surface area contributed by atoms with E-state index in [-0.39, 0.29) is 14.9 Å². The van der Waals surface area contributed by atoms with Crippen molar-refractivity contribution in [1.82, 2.24) is 0 Å². The molecule has 0 unspecified atom stereocenters. The highest BCUT2D eigenvalue weighted by molar-refractivity contribution is 5.68. The zero-order valence-electron chi connectivity index (χ0n) is 14.2. The van der Waals surface area contributed by atoms with E-state index in [0.29, 0.717) is 11.1 Å². The van der Waals surface area contributed by atoms with Crippen molar-refractivity contribution >= 4 is 0 Å². The van der Waals surface area contributed by atoms with Crippen molar-refractivity contribution < 1.29 is 0 Å². The number of hydrogen-bond donors (Lipinski definition) is 0. The van der Waals surface area contributed by atoms with E-state index in [4.69, 9.17) is 12.8 Å². The predicted molar refractivity (Wildman–Crippen MR) is 113 cm³/mol. The molecule has 0 heterocycles. The average Bonchev–Trinajstić information content (AvgIpc) is 2.57. The molecule has 0 aromatic heterocycles. The number of hydrogen-bond acceptors (Lipinski definition) is 0. The Hall–Kier alpha value is -3.42. The van der Waals surface area contributed by atoms with Crippen LogP contribution in [0.2, 0.25) is 0 Å². The van der Waals surface area contributed by atoms with Crippen LogP contribution in [0.15, 0.2) is 6.07 Å². The number of aryl methyl sites for hydroxylation is 1. The molecular weight excluding hydrogens is 300 g/mol. The maximum atomic E-state index is 5.59. The molecule has 0 heteroatoms. The fraction of sp³-hybridized carbons (Fsp3) is 0.280. The quantitative estimate of drug-likeness (QED) is 0.588. The Balaban J connectivity index is -0.00000116. The highest BCUT2D eigenvalue weighted by Crippen LogP contribution is 2.21. The first-order chi connectivity index (χ1) is 11.2. The highest BCUT2D eigenvalue weighted by Gasteiger charge is 2.11. The largest absolute Gasteiger partial charge is 0.115 e. The lowest BCUT2D eigenvalue weighted by atomic mass is 9.92. The van der Waals surface area contributed by atoms with Crippen molar-refractivity contribution in [1.29, 1.82) is 0 Å². The summed E-state index contributed by atoms with van der Waals surface area (Å²) in [5.74, 6) is 27.5. The van der Waals surface area contributed by atoms with Gasteiger partial charge in [-0.1, -0.05) is 58.3 Å². The van der Waals surface area contributed by atoms with Crippen molar-refractivity contribution in [3.63, 3.8) is 0 Å². The summed E-state index contributed by atoms with van der Waals surface area (Å²) < 4.78 is 0. The molecule has 0 aliphatic carbocycles. The summed E-state index contributed by atoms with van der Waals surface area (Å²) in [6.07, 6.45) is 10.8. The van der Waals surface area contributed by atoms with Gasteiger partial charge in [0.15, 0.2) is 0 Å². The summed E-state index contributed by atoms with van der Waals surface area (Å²) in [6, 6.07) is 1.89. The van der Waals surface area contributed by atoms with Crippen LogP contribution in [0.3, 0.4) is 0 Å². The summed E-state index contributed by atoms with van der Waals surface area (Å²) in [4.78, 5) is 0. The first-order valence-corrected chi connectivity index (χ1v) is 7.15.